The predicted octanol–water partition coefficient (Wildman–Crippen LogP) is 1.05. The molecule has 4 N–H and O–H groups in total. The molecule has 0 aromatic heterocycles. The van der Waals surface area contributed by atoms with Crippen LogP contribution in [0.2, 0.25) is 0 Å². The number of carbonyl (C=O) groups is 2. The first-order valence-electron chi connectivity index (χ1n) is 11.2. The van der Waals surface area contributed by atoms with E-state index in [1.165, 1.54) is 6.92 Å². The molecule has 182 valence electrons. The number of benzene rings is 1. The van der Waals surface area contributed by atoms with Gasteiger partial charge in [-0.15, -0.1) is 0 Å². The van der Waals surface area contributed by atoms with E-state index >= 15 is 0 Å². The number of ether oxygens (including phenoxy) is 2. The van der Waals surface area contributed by atoms with Crippen LogP contribution in [0.5, 0.6) is 0 Å². The van der Waals surface area contributed by atoms with Gasteiger partial charge in [0.05, 0.1) is 24.9 Å². The van der Waals surface area contributed by atoms with Crippen LogP contribution in [0.15, 0.2) is 30.3 Å². The topological polar surface area (TPSA) is 117 Å². The zero-order chi connectivity index (χ0) is 24.1. The standard InChI is InChI=1S/C24H34N2O6S/c1-3-33-15-7-14-31-22-16-20(29)23(26-17(2)27)24(32-22)19(28)12-13-25-21(30)11-10-18-8-5-4-6-9-18/h4-6,8-9,19-20,22-24,28-29H,3,7,12-16H2,1-2H3,(H,25,30)(H,26,27)/t19?,20?,22?,23-,24?/m1/s1. The van der Waals surface area contributed by atoms with Gasteiger partial charge >= 0.3 is 0 Å². The summed E-state index contributed by atoms with van der Waals surface area (Å²) in [6.45, 7) is 4.08. The first-order chi connectivity index (χ1) is 15.9. The van der Waals surface area contributed by atoms with E-state index in [2.05, 4.69) is 29.4 Å². The van der Waals surface area contributed by atoms with Gasteiger partial charge in [-0.1, -0.05) is 31.0 Å². The van der Waals surface area contributed by atoms with E-state index in [1.54, 1.807) is 12.1 Å². The third-order valence-electron chi connectivity index (χ3n) is 5.02. The van der Waals surface area contributed by atoms with Crippen molar-refractivity contribution in [1.82, 2.24) is 10.6 Å². The smallest absolute Gasteiger partial charge is 0.296 e. The minimum Gasteiger partial charge on any atom is -0.391 e. The third kappa shape index (κ3) is 10.2. The molecule has 2 rings (SSSR count). The third-order valence-corrected chi connectivity index (χ3v) is 6.01. The van der Waals surface area contributed by atoms with Gasteiger partial charge in [-0.05, 0) is 36.5 Å². The molecule has 0 saturated carbocycles. The molecule has 0 radical (unpaired) electrons. The lowest BCUT2D eigenvalue weighted by atomic mass is 9.93. The van der Waals surface area contributed by atoms with Crippen molar-refractivity contribution in [3.63, 3.8) is 0 Å². The molecule has 4 unspecified atom stereocenters. The van der Waals surface area contributed by atoms with E-state index in [1.807, 2.05) is 30.0 Å². The molecule has 8 nitrogen and oxygen atoms in total. The molecule has 2 amide bonds. The maximum Gasteiger partial charge on any atom is 0.296 e. The van der Waals surface area contributed by atoms with Crippen LogP contribution in [0, 0.1) is 11.8 Å². The molecule has 1 heterocycles. The van der Waals surface area contributed by atoms with Crippen molar-refractivity contribution in [2.45, 2.75) is 63.8 Å². The van der Waals surface area contributed by atoms with Gasteiger partial charge in [-0.3, -0.25) is 9.59 Å². The highest BCUT2D eigenvalue weighted by Gasteiger charge is 2.42. The van der Waals surface area contributed by atoms with Crippen LogP contribution in [0.1, 0.15) is 38.7 Å². The first kappa shape index (κ1) is 27.2. The summed E-state index contributed by atoms with van der Waals surface area (Å²) >= 11 is 1.82. The number of carbonyl (C=O) groups excluding carboxylic acids is 2. The SMILES string of the molecule is CCSCCCOC1CC(O)[C@@H](NC(C)=O)C(C(O)CCNC(=O)C#Cc2ccccc2)O1. The van der Waals surface area contributed by atoms with Gasteiger partial charge in [0.15, 0.2) is 6.29 Å². The summed E-state index contributed by atoms with van der Waals surface area (Å²) < 4.78 is 11.7. The normalized spacial score (nSPS) is 23.2. The quantitative estimate of drug-likeness (QED) is 0.277. The maximum absolute atomic E-state index is 12.0. The number of thioether (sulfide) groups is 1. The summed E-state index contributed by atoms with van der Waals surface area (Å²) in [6.07, 6.45) is -2.31. The number of aliphatic hydroxyl groups is 2. The van der Waals surface area contributed by atoms with Crippen molar-refractivity contribution in [1.29, 1.82) is 0 Å². The van der Waals surface area contributed by atoms with Gasteiger partial charge in [0.2, 0.25) is 5.91 Å². The Morgan fingerprint density at radius 2 is 2.09 bits per heavy atom. The lowest BCUT2D eigenvalue weighted by Crippen LogP contribution is -2.61. The molecule has 33 heavy (non-hydrogen) atoms. The Morgan fingerprint density at radius 1 is 1.33 bits per heavy atom. The molecule has 0 bridgehead atoms. The molecule has 1 aliphatic rings. The molecule has 0 spiro atoms. The fourth-order valence-corrected chi connectivity index (χ4v) is 4.05. The number of amides is 2. The molecule has 1 aliphatic heterocycles. The molecular formula is C24H34N2O6S. The Kier molecular flexibility index (Phi) is 12.3. The lowest BCUT2D eigenvalue weighted by Gasteiger charge is -2.41. The second kappa shape index (κ2) is 14.9. The van der Waals surface area contributed by atoms with E-state index in [-0.39, 0.29) is 25.3 Å². The lowest BCUT2D eigenvalue weighted by molar-refractivity contribution is -0.244. The maximum atomic E-state index is 12.0. The fourth-order valence-electron chi connectivity index (χ4n) is 3.44. The molecule has 5 atom stereocenters. The number of hydrogen-bond acceptors (Lipinski definition) is 7. The Balaban J connectivity index is 1.87. The highest BCUT2D eigenvalue weighted by molar-refractivity contribution is 7.99. The number of nitrogens with one attached hydrogen (secondary N) is 2. The van der Waals surface area contributed by atoms with Crippen molar-refractivity contribution in [3.05, 3.63) is 35.9 Å². The van der Waals surface area contributed by atoms with E-state index in [4.69, 9.17) is 9.47 Å². The highest BCUT2D eigenvalue weighted by Crippen LogP contribution is 2.25. The number of aliphatic hydroxyl groups excluding tert-OH is 2. The van der Waals surface area contributed by atoms with Crippen LogP contribution < -0.4 is 10.6 Å². The number of rotatable bonds is 11. The highest BCUT2D eigenvalue weighted by atomic mass is 32.2. The summed E-state index contributed by atoms with van der Waals surface area (Å²) in [7, 11) is 0. The van der Waals surface area contributed by atoms with Crippen molar-refractivity contribution in [2.24, 2.45) is 0 Å². The molecule has 9 heteroatoms. The van der Waals surface area contributed by atoms with Crippen LogP contribution in [-0.4, -0.2) is 77.3 Å². The minimum atomic E-state index is -1.04. The first-order valence-corrected chi connectivity index (χ1v) is 12.4. The Hall–Kier alpha value is -2.09. The minimum absolute atomic E-state index is 0.159. The van der Waals surface area contributed by atoms with Crippen molar-refractivity contribution < 1.29 is 29.3 Å². The largest absolute Gasteiger partial charge is 0.391 e. The second-order valence-corrected chi connectivity index (χ2v) is 9.10. The molecule has 1 saturated heterocycles. The predicted molar refractivity (Wildman–Crippen MR) is 127 cm³/mol. The second-order valence-electron chi connectivity index (χ2n) is 7.71. The van der Waals surface area contributed by atoms with Gasteiger partial charge in [0, 0.05) is 31.4 Å². The van der Waals surface area contributed by atoms with E-state index in [0.717, 1.165) is 23.5 Å². The Labute approximate surface area is 199 Å². The summed E-state index contributed by atoms with van der Waals surface area (Å²) in [4.78, 5) is 23.6. The van der Waals surface area contributed by atoms with Crippen LogP contribution in [0.4, 0.5) is 0 Å². The van der Waals surface area contributed by atoms with E-state index in [0.29, 0.717) is 6.61 Å². The average molecular weight is 479 g/mol. The van der Waals surface area contributed by atoms with Gasteiger partial charge in [0.25, 0.3) is 5.91 Å². The summed E-state index contributed by atoms with van der Waals surface area (Å²) in [5, 5.41) is 26.6. The fraction of sp³-hybridized carbons (Fsp3) is 0.583. The molecule has 1 fully saturated rings. The molecule has 0 aliphatic carbocycles. The Morgan fingerprint density at radius 3 is 2.79 bits per heavy atom. The van der Waals surface area contributed by atoms with Crippen molar-refractivity contribution in [2.75, 3.05) is 24.7 Å². The van der Waals surface area contributed by atoms with Crippen LogP contribution in [-0.2, 0) is 19.1 Å². The zero-order valence-corrected chi connectivity index (χ0v) is 20.0. The van der Waals surface area contributed by atoms with Crippen molar-refractivity contribution >= 4 is 23.6 Å². The van der Waals surface area contributed by atoms with Crippen LogP contribution in [0.3, 0.4) is 0 Å². The van der Waals surface area contributed by atoms with E-state index in [9.17, 15) is 19.8 Å². The van der Waals surface area contributed by atoms with Gasteiger partial charge in [-0.25, -0.2) is 0 Å². The van der Waals surface area contributed by atoms with Gasteiger partial charge < -0.3 is 30.3 Å². The molecular weight excluding hydrogens is 444 g/mol. The van der Waals surface area contributed by atoms with Gasteiger partial charge in [0.1, 0.15) is 6.10 Å². The number of hydrogen-bond donors (Lipinski definition) is 4. The average Bonchev–Trinajstić information content (AvgIpc) is 2.79. The van der Waals surface area contributed by atoms with Crippen LogP contribution in [0.25, 0.3) is 0 Å². The summed E-state index contributed by atoms with van der Waals surface area (Å²) in [6, 6.07) is 8.37. The summed E-state index contributed by atoms with van der Waals surface area (Å²) in [5.74, 6) is 6.50. The molecule has 1 aromatic rings. The zero-order valence-electron chi connectivity index (χ0n) is 19.2. The van der Waals surface area contributed by atoms with Gasteiger partial charge in [-0.2, -0.15) is 11.8 Å². The van der Waals surface area contributed by atoms with Crippen LogP contribution >= 0.6 is 11.8 Å². The Bertz CT molecular complexity index is 797. The monoisotopic (exact) mass is 478 g/mol. The molecule has 1 aromatic carbocycles. The van der Waals surface area contributed by atoms with Crippen molar-refractivity contribution in [3.8, 4) is 11.8 Å². The van der Waals surface area contributed by atoms with E-state index < -0.39 is 36.6 Å². The summed E-state index contributed by atoms with van der Waals surface area (Å²) in [5.41, 5.74) is 0.731.